The van der Waals surface area contributed by atoms with Crippen LogP contribution in [0, 0.1) is 6.92 Å². The number of aryl methyl sites for hydroxylation is 1. The van der Waals surface area contributed by atoms with Gasteiger partial charge in [0, 0.05) is 5.69 Å². The highest BCUT2D eigenvalue weighted by Gasteiger charge is 2.12. The minimum absolute atomic E-state index is 0.0375. The average molecular weight is 281 g/mol. The van der Waals surface area contributed by atoms with Crippen molar-refractivity contribution in [2.45, 2.75) is 11.8 Å². The second kappa shape index (κ2) is 4.48. The first-order valence-electron chi connectivity index (χ1n) is 5.24. The molecule has 0 fully saturated rings. The van der Waals surface area contributed by atoms with Crippen LogP contribution in [0.4, 0.5) is 0 Å². The van der Waals surface area contributed by atoms with E-state index in [1.807, 2.05) is 0 Å². The van der Waals surface area contributed by atoms with Crippen LogP contribution in [0.25, 0.3) is 5.69 Å². The molecule has 3 N–H and O–H groups in total. The number of rotatable bonds is 3. The third-order valence-electron chi connectivity index (χ3n) is 2.66. The molecule has 0 amide bonds. The Kier molecular flexibility index (Phi) is 3.13. The number of hydrogen-bond donors (Lipinski definition) is 2. The molecule has 7 nitrogen and oxygen atoms in total. The molecule has 1 aromatic heterocycles. The number of hydrogen-bond acceptors (Lipinski definition) is 4. The maximum absolute atomic E-state index is 11.9. The van der Waals surface area contributed by atoms with Crippen molar-refractivity contribution in [1.82, 2.24) is 9.78 Å². The maximum atomic E-state index is 11.9. The standard InChI is InChI=1S/C11H11N3O4S/c1-7-10(6-15)11(16)14(13-7)8-2-4-9(5-3-8)19(12,17)18/h2-6,13H,1H3,(H2,12,17,18). The van der Waals surface area contributed by atoms with Crippen LogP contribution in [0.15, 0.2) is 34.0 Å². The lowest BCUT2D eigenvalue weighted by Gasteiger charge is -2.03. The van der Waals surface area contributed by atoms with Crippen molar-refractivity contribution in [1.29, 1.82) is 0 Å². The predicted molar refractivity (Wildman–Crippen MR) is 67.9 cm³/mol. The molecule has 1 heterocycles. The number of sulfonamides is 1. The van der Waals surface area contributed by atoms with Gasteiger partial charge in [0.05, 0.1) is 10.6 Å². The molecule has 1 aromatic carbocycles. The SMILES string of the molecule is Cc1[nH]n(-c2ccc(S(N)(=O)=O)cc2)c(=O)c1C=O. The van der Waals surface area contributed by atoms with Crippen LogP contribution in [0.2, 0.25) is 0 Å². The summed E-state index contributed by atoms with van der Waals surface area (Å²) >= 11 is 0. The Hall–Kier alpha value is -2.19. The van der Waals surface area contributed by atoms with Crippen LogP contribution in [-0.2, 0) is 10.0 Å². The Morgan fingerprint density at radius 3 is 2.26 bits per heavy atom. The molecule has 19 heavy (non-hydrogen) atoms. The van der Waals surface area contributed by atoms with E-state index in [0.717, 1.165) is 4.68 Å². The highest BCUT2D eigenvalue weighted by molar-refractivity contribution is 7.89. The largest absolute Gasteiger partial charge is 0.298 e. The lowest BCUT2D eigenvalue weighted by Crippen LogP contribution is -2.17. The minimum atomic E-state index is -3.77. The van der Waals surface area contributed by atoms with Crippen LogP contribution >= 0.6 is 0 Å². The van der Waals surface area contributed by atoms with Gasteiger partial charge in [-0.1, -0.05) is 0 Å². The number of carbonyl (C=O) groups excluding carboxylic acids is 1. The molecule has 0 bridgehead atoms. The normalized spacial score (nSPS) is 11.5. The van der Waals surface area contributed by atoms with Crippen molar-refractivity contribution in [3.8, 4) is 5.69 Å². The number of aromatic amines is 1. The van der Waals surface area contributed by atoms with Crippen molar-refractivity contribution < 1.29 is 13.2 Å². The van der Waals surface area contributed by atoms with E-state index in [-0.39, 0.29) is 10.5 Å². The third-order valence-corrected chi connectivity index (χ3v) is 3.59. The number of carbonyl (C=O) groups is 1. The summed E-state index contributed by atoms with van der Waals surface area (Å²) in [7, 11) is -3.77. The Morgan fingerprint density at radius 2 is 1.84 bits per heavy atom. The van der Waals surface area contributed by atoms with E-state index in [2.05, 4.69) is 5.10 Å². The second-order valence-corrected chi connectivity index (χ2v) is 5.51. The van der Waals surface area contributed by atoms with Crippen LogP contribution in [0.1, 0.15) is 16.1 Å². The monoisotopic (exact) mass is 281 g/mol. The first-order valence-corrected chi connectivity index (χ1v) is 6.79. The number of nitrogens with zero attached hydrogens (tertiary/aromatic N) is 1. The zero-order valence-corrected chi connectivity index (χ0v) is 10.8. The van der Waals surface area contributed by atoms with Gasteiger partial charge < -0.3 is 0 Å². The Labute approximate surface area is 108 Å². The van der Waals surface area contributed by atoms with E-state index in [9.17, 15) is 18.0 Å². The van der Waals surface area contributed by atoms with E-state index >= 15 is 0 Å². The van der Waals surface area contributed by atoms with Crippen molar-refractivity contribution >= 4 is 16.3 Å². The maximum Gasteiger partial charge on any atom is 0.282 e. The molecule has 2 aromatic rings. The summed E-state index contributed by atoms with van der Waals surface area (Å²) in [6, 6.07) is 5.42. The van der Waals surface area contributed by atoms with Gasteiger partial charge in [0.1, 0.15) is 5.56 Å². The minimum Gasteiger partial charge on any atom is -0.298 e. The molecular formula is C11H11N3O4S. The second-order valence-electron chi connectivity index (χ2n) is 3.95. The highest BCUT2D eigenvalue weighted by atomic mass is 32.2. The molecular weight excluding hydrogens is 270 g/mol. The van der Waals surface area contributed by atoms with E-state index in [1.54, 1.807) is 6.92 Å². The first-order chi connectivity index (χ1) is 8.84. The smallest absolute Gasteiger partial charge is 0.282 e. The highest BCUT2D eigenvalue weighted by Crippen LogP contribution is 2.11. The lowest BCUT2D eigenvalue weighted by atomic mass is 10.3. The molecule has 8 heteroatoms. The molecule has 0 radical (unpaired) electrons. The molecule has 2 rings (SSSR count). The molecule has 0 unspecified atom stereocenters. The van der Waals surface area contributed by atoms with Crippen molar-refractivity contribution in [2.24, 2.45) is 5.14 Å². The van der Waals surface area contributed by atoms with Crippen LogP contribution in [-0.4, -0.2) is 24.5 Å². The molecule has 0 aliphatic rings. The zero-order valence-electron chi connectivity index (χ0n) is 9.95. The summed E-state index contributed by atoms with van der Waals surface area (Å²) in [6.45, 7) is 1.60. The van der Waals surface area contributed by atoms with Crippen molar-refractivity contribution in [2.75, 3.05) is 0 Å². The van der Waals surface area contributed by atoms with Crippen molar-refractivity contribution in [3.63, 3.8) is 0 Å². The summed E-state index contributed by atoms with van der Waals surface area (Å²) in [5.41, 5.74) is 0.399. The summed E-state index contributed by atoms with van der Waals surface area (Å²) in [4.78, 5) is 22.6. The van der Waals surface area contributed by atoms with Gasteiger partial charge in [-0.05, 0) is 31.2 Å². The predicted octanol–water partition coefficient (Wildman–Crippen LogP) is -0.0661. The molecule has 0 aliphatic carbocycles. The van der Waals surface area contributed by atoms with Gasteiger partial charge in [-0.3, -0.25) is 14.7 Å². The van der Waals surface area contributed by atoms with E-state index in [0.29, 0.717) is 17.7 Å². The Morgan fingerprint density at radius 1 is 1.26 bits per heavy atom. The number of primary sulfonamides is 1. The molecule has 0 atom stereocenters. The number of aldehydes is 1. The van der Waals surface area contributed by atoms with Gasteiger partial charge in [-0.25, -0.2) is 18.2 Å². The summed E-state index contributed by atoms with van der Waals surface area (Å²) in [5, 5.41) is 7.71. The number of benzene rings is 1. The molecule has 0 saturated heterocycles. The van der Waals surface area contributed by atoms with Gasteiger partial charge in [0.2, 0.25) is 10.0 Å². The topological polar surface area (TPSA) is 115 Å². The fourth-order valence-corrected chi connectivity index (χ4v) is 2.18. The fourth-order valence-electron chi connectivity index (χ4n) is 1.67. The summed E-state index contributed by atoms with van der Waals surface area (Å²) < 4.78 is 23.4. The number of nitrogens with one attached hydrogen (secondary N) is 1. The van der Waals surface area contributed by atoms with Crippen LogP contribution in [0.3, 0.4) is 0 Å². The Bertz CT molecular complexity index is 784. The van der Waals surface area contributed by atoms with Gasteiger partial charge in [-0.15, -0.1) is 0 Å². The van der Waals surface area contributed by atoms with Crippen molar-refractivity contribution in [3.05, 3.63) is 45.9 Å². The summed E-state index contributed by atoms with van der Waals surface area (Å²) in [6.07, 6.45) is 0.476. The molecule has 0 spiro atoms. The molecule has 100 valence electrons. The van der Waals surface area contributed by atoms with E-state index < -0.39 is 15.6 Å². The van der Waals surface area contributed by atoms with Gasteiger partial charge in [0.15, 0.2) is 6.29 Å². The quantitative estimate of drug-likeness (QED) is 0.766. The van der Waals surface area contributed by atoms with Gasteiger partial charge in [-0.2, -0.15) is 0 Å². The van der Waals surface area contributed by atoms with Gasteiger partial charge in [0.25, 0.3) is 5.56 Å². The van der Waals surface area contributed by atoms with Crippen LogP contribution in [0.5, 0.6) is 0 Å². The number of aromatic nitrogens is 2. The molecule has 0 saturated carbocycles. The van der Waals surface area contributed by atoms with E-state index in [1.165, 1.54) is 24.3 Å². The third kappa shape index (κ3) is 2.35. The van der Waals surface area contributed by atoms with Crippen LogP contribution < -0.4 is 10.7 Å². The number of nitrogens with two attached hydrogens (primary N) is 1. The van der Waals surface area contributed by atoms with Gasteiger partial charge >= 0.3 is 0 Å². The number of H-pyrrole nitrogens is 1. The Balaban J connectivity index is 2.55. The average Bonchev–Trinajstić information content (AvgIpc) is 2.63. The fraction of sp³-hybridized carbons (Fsp3) is 0.0909. The summed E-state index contributed by atoms with van der Waals surface area (Å²) in [5.74, 6) is 0. The first kappa shape index (κ1) is 13.2. The molecule has 0 aliphatic heterocycles. The zero-order chi connectivity index (χ0) is 14.2. The van der Waals surface area contributed by atoms with E-state index in [4.69, 9.17) is 5.14 Å². The lowest BCUT2D eigenvalue weighted by molar-refractivity contribution is 0.112.